The first kappa shape index (κ1) is 8.79. The summed E-state index contributed by atoms with van der Waals surface area (Å²) in [6, 6.07) is 0. The van der Waals surface area contributed by atoms with Crippen molar-refractivity contribution < 1.29 is 14.7 Å². The molecule has 0 aliphatic heterocycles. The predicted molar refractivity (Wildman–Crippen MR) is 36.9 cm³/mol. The molecule has 0 aromatic heterocycles. The van der Waals surface area contributed by atoms with Gasteiger partial charge in [0, 0.05) is 5.33 Å². The fourth-order valence-corrected chi connectivity index (χ4v) is 1.57. The molecule has 0 aliphatic rings. The van der Waals surface area contributed by atoms with Crippen molar-refractivity contribution in [3.63, 3.8) is 0 Å². The minimum absolute atomic E-state index is 0.0955. The topological polar surface area (TPSA) is 60.7 Å². The third kappa shape index (κ3) is 6.79. The van der Waals surface area contributed by atoms with Crippen LogP contribution in [0.5, 0.6) is 0 Å². The molecule has 0 aromatic rings. The van der Waals surface area contributed by atoms with E-state index in [4.69, 9.17) is 14.7 Å². The lowest BCUT2D eigenvalue weighted by Gasteiger charge is -1.99. The van der Waals surface area contributed by atoms with E-state index in [1.165, 1.54) is 0 Å². The van der Waals surface area contributed by atoms with Gasteiger partial charge in [0.25, 0.3) is 0 Å². The van der Waals surface area contributed by atoms with Gasteiger partial charge in [0.1, 0.15) is 6.16 Å². The lowest BCUT2D eigenvalue weighted by atomic mass is 10.6. The van der Waals surface area contributed by atoms with Crippen molar-refractivity contribution in [1.29, 1.82) is 0 Å². The Morgan fingerprint density at radius 1 is 1.25 bits per heavy atom. The van der Waals surface area contributed by atoms with Gasteiger partial charge in [0.2, 0.25) is 0 Å². The van der Waals surface area contributed by atoms with Gasteiger partial charge in [-0.2, -0.15) is 14.7 Å². The van der Waals surface area contributed by atoms with E-state index in [1.807, 2.05) is 0 Å². The van der Waals surface area contributed by atoms with Gasteiger partial charge >= 0.3 is 7.94 Å². The fourth-order valence-electron chi connectivity index (χ4n) is 0.272. The van der Waals surface area contributed by atoms with Gasteiger partial charge in [-0.3, -0.25) is 0 Å². The van der Waals surface area contributed by atoms with Crippen molar-refractivity contribution in [2.24, 2.45) is 0 Å². The SMILES string of the molecule is O[P+](O)(O)CCCBr. The highest BCUT2D eigenvalue weighted by Crippen LogP contribution is 2.44. The molecule has 3 nitrogen and oxygen atoms in total. The zero-order valence-corrected chi connectivity index (χ0v) is 6.77. The Labute approximate surface area is 57.1 Å². The lowest BCUT2D eigenvalue weighted by molar-refractivity contribution is 0.330. The Morgan fingerprint density at radius 2 is 1.75 bits per heavy atom. The second-order valence-electron chi connectivity index (χ2n) is 1.46. The molecule has 0 aliphatic carbocycles. The molecule has 0 radical (unpaired) electrons. The highest BCUT2D eigenvalue weighted by atomic mass is 79.9. The molecular formula is C3H9BrO3P+. The Kier molecular flexibility index (Phi) is 4.12. The summed E-state index contributed by atoms with van der Waals surface area (Å²) in [7, 11) is -3.46. The van der Waals surface area contributed by atoms with Crippen LogP contribution in [0.3, 0.4) is 0 Å². The molecule has 0 amide bonds. The average molecular weight is 204 g/mol. The molecule has 0 rings (SSSR count). The van der Waals surface area contributed by atoms with E-state index >= 15 is 0 Å². The maximum absolute atomic E-state index is 8.35. The van der Waals surface area contributed by atoms with Crippen LogP contribution in [0.1, 0.15) is 6.42 Å². The quantitative estimate of drug-likeness (QED) is 0.463. The summed E-state index contributed by atoms with van der Waals surface area (Å²) in [5.41, 5.74) is 0. The van der Waals surface area contributed by atoms with Crippen molar-refractivity contribution in [3.05, 3.63) is 0 Å². The molecule has 50 valence electrons. The summed E-state index contributed by atoms with van der Waals surface area (Å²) in [5.74, 6) is 0. The van der Waals surface area contributed by atoms with Crippen LogP contribution in [-0.4, -0.2) is 26.2 Å². The van der Waals surface area contributed by atoms with Gasteiger partial charge in [0.15, 0.2) is 0 Å². The molecule has 0 atom stereocenters. The number of alkyl halides is 1. The molecule has 0 aromatic carbocycles. The van der Waals surface area contributed by atoms with E-state index in [0.29, 0.717) is 11.8 Å². The molecule has 0 heterocycles. The monoisotopic (exact) mass is 203 g/mol. The van der Waals surface area contributed by atoms with Crippen molar-refractivity contribution in [2.45, 2.75) is 6.42 Å². The molecule has 0 bridgehead atoms. The molecule has 8 heavy (non-hydrogen) atoms. The van der Waals surface area contributed by atoms with Crippen LogP contribution in [0, 0.1) is 0 Å². The summed E-state index contributed by atoms with van der Waals surface area (Å²) in [4.78, 5) is 25.1. The van der Waals surface area contributed by atoms with Crippen molar-refractivity contribution in [1.82, 2.24) is 0 Å². The van der Waals surface area contributed by atoms with E-state index in [1.54, 1.807) is 0 Å². The largest absolute Gasteiger partial charge is 0.403 e. The molecule has 5 heteroatoms. The molecule has 3 N–H and O–H groups in total. The van der Waals surface area contributed by atoms with E-state index in [9.17, 15) is 0 Å². The Balaban J connectivity index is 3.11. The summed E-state index contributed by atoms with van der Waals surface area (Å²) < 4.78 is 0. The number of hydrogen-bond acceptors (Lipinski definition) is 3. The third-order valence-corrected chi connectivity index (χ3v) is 2.07. The first-order valence-electron chi connectivity index (χ1n) is 2.18. The highest BCUT2D eigenvalue weighted by Gasteiger charge is 2.27. The van der Waals surface area contributed by atoms with Crippen LogP contribution in [0.15, 0.2) is 0 Å². The van der Waals surface area contributed by atoms with E-state index in [2.05, 4.69) is 15.9 Å². The summed E-state index contributed by atoms with van der Waals surface area (Å²) in [5, 5.41) is 0.691. The summed E-state index contributed by atoms with van der Waals surface area (Å²) in [6.45, 7) is 0. The molecule has 0 spiro atoms. The number of halogens is 1. The smallest absolute Gasteiger partial charge is 0.193 e. The standard InChI is InChI=1S/C3H9BrO3P/c4-2-1-3-8(5,6)7/h5-7H,1-3H2/q+1. The van der Waals surface area contributed by atoms with Crippen LogP contribution >= 0.6 is 23.9 Å². The zero-order chi connectivity index (χ0) is 6.62. The van der Waals surface area contributed by atoms with Gasteiger partial charge in [-0.15, -0.1) is 0 Å². The number of rotatable bonds is 3. The van der Waals surface area contributed by atoms with Crippen molar-refractivity contribution >= 4 is 23.9 Å². The second-order valence-corrected chi connectivity index (χ2v) is 4.08. The molecular weight excluding hydrogens is 195 g/mol. The minimum atomic E-state index is -3.46. The molecule has 0 unspecified atom stereocenters. The van der Waals surface area contributed by atoms with E-state index in [-0.39, 0.29) is 6.16 Å². The molecule has 0 fully saturated rings. The Hall–Kier alpha value is 0.790. The summed E-state index contributed by atoms with van der Waals surface area (Å²) >= 11 is 3.09. The Morgan fingerprint density at radius 3 is 1.88 bits per heavy atom. The number of hydrogen-bond donors (Lipinski definition) is 3. The van der Waals surface area contributed by atoms with E-state index in [0.717, 1.165) is 0 Å². The van der Waals surface area contributed by atoms with Crippen LogP contribution in [-0.2, 0) is 0 Å². The zero-order valence-electron chi connectivity index (χ0n) is 4.29. The summed E-state index contributed by atoms with van der Waals surface area (Å²) in [6.07, 6.45) is 0.690. The molecule has 0 saturated heterocycles. The highest BCUT2D eigenvalue weighted by molar-refractivity contribution is 9.09. The van der Waals surface area contributed by atoms with Crippen molar-refractivity contribution in [2.75, 3.05) is 11.5 Å². The fraction of sp³-hybridized carbons (Fsp3) is 1.00. The maximum Gasteiger partial charge on any atom is 0.403 e. The van der Waals surface area contributed by atoms with Crippen molar-refractivity contribution in [3.8, 4) is 0 Å². The lowest BCUT2D eigenvalue weighted by Crippen LogP contribution is -1.94. The van der Waals surface area contributed by atoms with Gasteiger partial charge in [-0.1, -0.05) is 15.9 Å². The first-order valence-corrected chi connectivity index (χ1v) is 5.14. The minimum Gasteiger partial charge on any atom is -0.193 e. The van der Waals surface area contributed by atoms with Crippen LogP contribution in [0.2, 0.25) is 0 Å². The average Bonchev–Trinajstić information content (AvgIpc) is 1.59. The van der Waals surface area contributed by atoms with Crippen LogP contribution < -0.4 is 0 Å². The van der Waals surface area contributed by atoms with Gasteiger partial charge in [0.05, 0.1) is 0 Å². The third-order valence-electron chi connectivity index (χ3n) is 0.592. The first-order chi connectivity index (χ1) is 3.56. The van der Waals surface area contributed by atoms with Crippen LogP contribution in [0.25, 0.3) is 0 Å². The molecule has 0 saturated carbocycles. The van der Waals surface area contributed by atoms with Crippen LogP contribution in [0.4, 0.5) is 0 Å². The normalized spacial score (nSPS) is 12.0. The van der Waals surface area contributed by atoms with Gasteiger partial charge in [-0.05, 0) is 6.42 Å². The second kappa shape index (κ2) is 3.75. The van der Waals surface area contributed by atoms with Gasteiger partial charge < -0.3 is 0 Å². The maximum atomic E-state index is 8.35. The van der Waals surface area contributed by atoms with E-state index < -0.39 is 7.94 Å². The Bertz CT molecular complexity index is 62.0. The predicted octanol–water partition coefficient (Wildman–Crippen LogP) is 0.511. The van der Waals surface area contributed by atoms with Gasteiger partial charge in [-0.25, -0.2) is 0 Å².